The standard InChI is InChI=1S/C13H24N4O4/c14-11(18)3-1-2-5-15-13(21)17-9-7-16(8-10-17)6-4-12(19)20/h1-10H2,(H2,14,18)(H,15,21)(H,19,20). The molecule has 21 heavy (non-hydrogen) atoms. The molecule has 1 heterocycles. The Labute approximate surface area is 124 Å². The quantitative estimate of drug-likeness (QED) is 0.520. The number of rotatable bonds is 8. The molecular formula is C13H24N4O4. The van der Waals surface area contributed by atoms with E-state index in [4.69, 9.17) is 10.8 Å². The zero-order valence-electron chi connectivity index (χ0n) is 12.2. The SMILES string of the molecule is NC(=O)CCCCNC(=O)N1CCN(CCC(=O)O)CC1. The third kappa shape index (κ3) is 7.50. The summed E-state index contributed by atoms with van der Waals surface area (Å²) < 4.78 is 0. The number of carbonyl (C=O) groups is 3. The molecule has 0 saturated carbocycles. The van der Waals surface area contributed by atoms with Gasteiger partial charge in [-0.2, -0.15) is 0 Å². The Morgan fingerprint density at radius 1 is 1.05 bits per heavy atom. The summed E-state index contributed by atoms with van der Waals surface area (Å²) in [5.74, 6) is -1.12. The minimum absolute atomic E-state index is 0.105. The van der Waals surface area contributed by atoms with E-state index in [-0.39, 0.29) is 18.4 Å². The van der Waals surface area contributed by atoms with Gasteiger partial charge in [-0.15, -0.1) is 0 Å². The number of aliphatic carboxylic acids is 1. The number of carboxylic acids is 1. The average Bonchev–Trinajstić information content (AvgIpc) is 2.44. The maximum atomic E-state index is 11.9. The van der Waals surface area contributed by atoms with Crippen LogP contribution in [0.1, 0.15) is 25.7 Å². The van der Waals surface area contributed by atoms with Crippen molar-refractivity contribution in [3.05, 3.63) is 0 Å². The van der Waals surface area contributed by atoms with Crippen molar-refractivity contribution in [1.29, 1.82) is 0 Å². The van der Waals surface area contributed by atoms with Crippen LogP contribution in [0.5, 0.6) is 0 Å². The van der Waals surface area contributed by atoms with E-state index in [1.165, 1.54) is 0 Å². The highest BCUT2D eigenvalue weighted by Gasteiger charge is 2.20. The Morgan fingerprint density at radius 3 is 2.29 bits per heavy atom. The average molecular weight is 300 g/mol. The number of carbonyl (C=O) groups excluding carboxylic acids is 2. The van der Waals surface area contributed by atoms with Crippen LogP contribution < -0.4 is 11.1 Å². The van der Waals surface area contributed by atoms with E-state index < -0.39 is 5.97 Å². The molecule has 0 atom stereocenters. The molecular weight excluding hydrogens is 276 g/mol. The van der Waals surface area contributed by atoms with E-state index >= 15 is 0 Å². The van der Waals surface area contributed by atoms with Crippen molar-refractivity contribution < 1.29 is 19.5 Å². The van der Waals surface area contributed by atoms with Gasteiger partial charge < -0.3 is 21.1 Å². The summed E-state index contributed by atoms with van der Waals surface area (Å²) in [6.07, 6.45) is 1.88. The van der Waals surface area contributed by atoms with Gasteiger partial charge in [0.25, 0.3) is 0 Å². The van der Waals surface area contributed by atoms with Crippen molar-refractivity contribution in [2.45, 2.75) is 25.7 Å². The summed E-state index contributed by atoms with van der Waals surface area (Å²) >= 11 is 0. The molecule has 4 N–H and O–H groups in total. The van der Waals surface area contributed by atoms with Gasteiger partial charge in [-0.25, -0.2) is 4.79 Å². The van der Waals surface area contributed by atoms with Gasteiger partial charge in [0.1, 0.15) is 0 Å². The molecule has 1 saturated heterocycles. The highest BCUT2D eigenvalue weighted by Crippen LogP contribution is 2.03. The van der Waals surface area contributed by atoms with E-state index in [9.17, 15) is 14.4 Å². The number of urea groups is 1. The first-order valence-corrected chi connectivity index (χ1v) is 7.24. The smallest absolute Gasteiger partial charge is 0.317 e. The lowest BCUT2D eigenvalue weighted by atomic mass is 10.2. The minimum atomic E-state index is -0.800. The van der Waals surface area contributed by atoms with Crippen molar-refractivity contribution in [3.63, 3.8) is 0 Å². The van der Waals surface area contributed by atoms with Crippen LogP contribution in [0.15, 0.2) is 0 Å². The maximum Gasteiger partial charge on any atom is 0.317 e. The van der Waals surface area contributed by atoms with Gasteiger partial charge in [0, 0.05) is 45.7 Å². The molecule has 0 bridgehead atoms. The summed E-state index contributed by atoms with van der Waals surface area (Å²) in [5, 5.41) is 11.4. The first-order chi connectivity index (χ1) is 9.99. The largest absolute Gasteiger partial charge is 0.481 e. The number of piperazine rings is 1. The van der Waals surface area contributed by atoms with E-state index in [1.807, 2.05) is 4.90 Å². The molecule has 0 aromatic heterocycles. The predicted molar refractivity (Wildman–Crippen MR) is 76.7 cm³/mol. The Hall–Kier alpha value is -1.83. The molecule has 0 unspecified atom stereocenters. The molecule has 0 spiro atoms. The number of primary amides is 1. The fraction of sp³-hybridized carbons (Fsp3) is 0.769. The van der Waals surface area contributed by atoms with E-state index in [2.05, 4.69) is 5.32 Å². The minimum Gasteiger partial charge on any atom is -0.481 e. The van der Waals surface area contributed by atoms with Crippen LogP contribution in [0.3, 0.4) is 0 Å². The number of unbranched alkanes of at least 4 members (excludes halogenated alkanes) is 1. The Morgan fingerprint density at radius 2 is 1.71 bits per heavy atom. The summed E-state index contributed by atoms with van der Waals surface area (Å²) in [4.78, 5) is 36.7. The van der Waals surface area contributed by atoms with E-state index in [0.29, 0.717) is 52.1 Å². The Kier molecular flexibility index (Phi) is 7.52. The first-order valence-electron chi connectivity index (χ1n) is 7.24. The molecule has 1 aliphatic rings. The highest BCUT2D eigenvalue weighted by atomic mass is 16.4. The summed E-state index contributed by atoms with van der Waals surface area (Å²) in [6, 6.07) is -0.105. The summed E-state index contributed by atoms with van der Waals surface area (Å²) in [7, 11) is 0. The van der Waals surface area contributed by atoms with Gasteiger partial charge in [0.2, 0.25) is 5.91 Å². The number of nitrogens with two attached hydrogens (primary N) is 1. The number of amides is 3. The fourth-order valence-corrected chi connectivity index (χ4v) is 2.16. The molecule has 3 amide bonds. The zero-order valence-corrected chi connectivity index (χ0v) is 12.2. The van der Waals surface area contributed by atoms with Gasteiger partial charge in [-0.3, -0.25) is 14.5 Å². The lowest BCUT2D eigenvalue weighted by Crippen LogP contribution is -2.52. The second-order valence-corrected chi connectivity index (χ2v) is 5.13. The van der Waals surface area contributed by atoms with Gasteiger partial charge in [0.15, 0.2) is 0 Å². The number of nitrogens with zero attached hydrogens (tertiary/aromatic N) is 2. The third-order valence-corrected chi connectivity index (χ3v) is 3.43. The summed E-state index contributed by atoms with van der Waals surface area (Å²) in [5.41, 5.74) is 5.03. The number of carboxylic acid groups (broad SMARTS) is 1. The second kappa shape index (κ2) is 9.17. The number of nitrogens with one attached hydrogen (secondary N) is 1. The first kappa shape index (κ1) is 17.2. The molecule has 1 aliphatic heterocycles. The van der Waals surface area contributed by atoms with E-state index in [0.717, 1.165) is 6.42 Å². The molecule has 8 heteroatoms. The van der Waals surface area contributed by atoms with Gasteiger partial charge >= 0.3 is 12.0 Å². The molecule has 1 rings (SSSR count). The molecule has 120 valence electrons. The molecule has 0 radical (unpaired) electrons. The second-order valence-electron chi connectivity index (χ2n) is 5.13. The van der Waals surface area contributed by atoms with Crippen LogP contribution in [0.2, 0.25) is 0 Å². The predicted octanol–water partition coefficient (Wildman–Crippen LogP) is -0.556. The number of hydrogen-bond donors (Lipinski definition) is 3. The van der Waals surface area contributed by atoms with Crippen molar-refractivity contribution in [1.82, 2.24) is 15.1 Å². The third-order valence-electron chi connectivity index (χ3n) is 3.43. The molecule has 0 aromatic carbocycles. The lowest BCUT2D eigenvalue weighted by molar-refractivity contribution is -0.137. The Bertz CT molecular complexity index is 367. The zero-order chi connectivity index (χ0) is 15.7. The van der Waals surface area contributed by atoms with Crippen molar-refractivity contribution in [2.75, 3.05) is 39.3 Å². The fourth-order valence-electron chi connectivity index (χ4n) is 2.16. The van der Waals surface area contributed by atoms with Crippen LogP contribution in [-0.4, -0.2) is 72.1 Å². The Balaban J connectivity index is 2.11. The van der Waals surface area contributed by atoms with Crippen molar-refractivity contribution in [3.8, 4) is 0 Å². The highest BCUT2D eigenvalue weighted by molar-refractivity contribution is 5.74. The van der Waals surface area contributed by atoms with Crippen molar-refractivity contribution >= 4 is 17.9 Å². The summed E-state index contributed by atoms with van der Waals surface area (Å²) in [6.45, 7) is 3.66. The monoisotopic (exact) mass is 300 g/mol. The van der Waals surface area contributed by atoms with Gasteiger partial charge in [-0.05, 0) is 12.8 Å². The number of hydrogen-bond acceptors (Lipinski definition) is 4. The van der Waals surface area contributed by atoms with Gasteiger partial charge in [0.05, 0.1) is 6.42 Å². The van der Waals surface area contributed by atoms with E-state index in [1.54, 1.807) is 4.90 Å². The van der Waals surface area contributed by atoms with Crippen LogP contribution in [0, 0.1) is 0 Å². The lowest BCUT2D eigenvalue weighted by Gasteiger charge is -2.34. The van der Waals surface area contributed by atoms with Crippen molar-refractivity contribution in [2.24, 2.45) is 5.73 Å². The van der Waals surface area contributed by atoms with Gasteiger partial charge in [-0.1, -0.05) is 0 Å². The van der Waals surface area contributed by atoms with Crippen LogP contribution >= 0.6 is 0 Å². The maximum absolute atomic E-state index is 11.9. The molecule has 1 fully saturated rings. The molecule has 8 nitrogen and oxygen atoms in total. The van der Waals surface area contributed by atoms with Crippen LogP contribution in [-0.2, 0) is 9.59 Å². The molecule has 0 aliphatic carbocycles. The van der Waals surface area contributed by atoms with Crippen LogP contribution in [0.25, 0.3) is 0 Å². The van der Waals surface area contributed by atoms with Crippen LogP contribution in [0.4, 0.5) is 4.79 Å². The molecule has 0 aromatic rings. The normalized spacial score (nSPS) is 15.7. The topological polar surface area (TPSA) is 116 Å².